The molecule has 0 saturated heterocycles. The van der Waals surface area contributed by atoms with Gasteiger partial charge in [0.15, 0.2) is 5.78 Å². The van der Waals surface area contributed by atoms with Crippen LogP contribution in [0.3, 0.4) is 0 Å². The van der Waals surface area contributed by atoms with E-state index in [4.69, 9.17) is 16.0 Å². The molecule has 5 nitrogen and oxygen atoms in total. The fourth-order valence-corrected chi connectivity index (χ4v) is 3.43. The van der Waals surface area contributed by atoms with Crippen LogP contribution in [0.4, 0.5) is 5.95 Å². The fourth-order valence-electron chi connectivity index (χ4n) is 3.14. The van der Waals surface area contributed by atoms with Gasteiger partial charge in [0, 0.05) is 17.6 Å². The van der Waals surface area contributed by atoms with Crippen molar-refractivity contribution in [2.75, 3.05) is 5.32 Å². The SMILES string of the molecule is O=C1CC(c2ccccc2Cl)Cc2nc(NCc3ccco3)ncc21. The Balaban J connectivity index is 1.57. The lowest BCUT2D eigenvalue weighted by Crippen LogP contribution is -2.21. The average Bonchev–Trinajstić information content (AvgIpc) is 3.13. The Kier molecular flexibility index (Phi) is 4.24. The van der Waals surface area contributed by atoms with Crippen molar-refractivity contribution < 1.29 is 9.21 Å². The number of nitrogens with zero attached hydrogens (tertiary/aromatic N) is 2. The smallest absolute Gasteiger partial charge is 0.223 e. The molecular weight excluding hydrogens is 338 g/mol. The topological polar surface area (TPSA) is 68.0 Å². The van der Waals surface area contributed by atoms with Gasteiger partial charge in [0.05, 0.1) is 24.1 Å². The van der Waals surface area contributed by atoms with Gasteiger partial charge in [-0.1, -0.05) is 29.8 Å². The van der Waals surface area contributed by atoms with E-state index < -0.39 is 0 Å². The lowest BCUT2D eigenvalue weighted by Gasteiger charge is -2.24. The zero-order valence-corrected chi connectivity index (χ0v) is 14.2. The maximum Gasteiger partial charge on any atom is 0.223 e. The number of benzene rings is 1. The number of aromatic nitrogens is 2. The summed E-state index contributed by atoms with van der Waals surface area (Å²) in [5.74, 6) is 1.39. The number of ketones is 1. The van der Waals surface area contributed by atoms with Crippen LogP contribution in [-0.4, -0.2) is 15.8 Å². The summed E-state index contributed by atoms with van der Waals surface area (Å²) in [5.41, 5.74) is 2.36. The standard InChI is InChI=1S/C19H16ClN3O2/c20-16-6-2-1-5-14(16)12-8-17-15(18(24)9-12)11-22-19(23-17)21-10-13-4-3-7-25-13/h1-7,11-12H,8-10H2,(H,21,22,23). The second-order valence-corrected chi connectivity index (χ2v) is 6.44. The molecule has 0 saturated carbocycles. The van der Waals surface area contributed by atoms with Gasteiger partial charge in [0.1, 0.15) is 5.76 Å². The first-order valence-electron chi connectivity index (χ1n) is 8.10. The van der Waals surface area contributed by atoms with Crippen LogP contribution in [-0.2, 0) is 13.0 Å². The predicted octanol–water partition coefficient (Wildman–Crippen LogP) is 4.25. The number of carbonyl (C=O) groups excluding carboxylic acids is 1. The van der Waals surface area contributed by atoms with E-state index in [1.54, 1.807) is 12.5 Å². The van der Waals surface area contributed by atoms with Gasteiger partial charge < -0.3 is 9.73 Å². The summed E-state index contributed by atoms with van der Waals surface area (Å²) in [5, 5.41) is 3.81. The second kappa shape index (κ2) is 6.69. The highest BCUT2D eigenvalue weighted by atomic mass is 35.5. The highest BCUT2D eigenvalue weighted by Crippen LogP contribution is 2.35. The first kappa shape index (κ1) is 15.8. The van der Waals surface area contributed by atoms with Gasteiger partial charge in [-0.05, 0) is 36.1 Å². The third kappa shape index (κ3) is 3.28. The molecule has 0 spiro atoms. The molecular formula is C19H16ClN3O2. The zero-order chi connectivity index (χ0) is 17.2. The first-order valence-corrected chi connectivity index (χ1v) is 8.48. The minimum absolute atomic E-state index is 0.0431. The number of hydrogen-bond donors (Lipinski definition) is 1. The molecule has 0 bridgehead atoms. The van der Waals surface area contributed by atoms with Gasteiger partial charge >= 0.3 is 0 Å². The van der Waals surface area contributed by atoms with E-state index in [-0.39, 0.29) is 11.7 Å². The summed E-state index contributed by atoms with van der Waals surface area (Å²) in [7, 11) is 0. The van der Waals surface area contributed by atoms with Crippen molar-refractivity contribution in [3.05, 3.63) is 76.5 Å². The third-order valence-electron chi connectivity index (χ3n) is 4.39. The molecule has 25 heavy (non-hydrogen) atoms. The van der Waals surface area contributed by atoms with Crippen LogP contribution in [0.25, 0.3) is 0 Å². The normalized spacial score (nSPS) is 16.5. The molecule has 6 heteroatoms. The van der Waals surface area contributed by atoms with Crippen LogP contribution in [0.2, 0.25) is 5.02 Å². The molecule has 0 fully saturated rings. The highest BCUT2D eigenvalue weighted by molar-refractivity contribution is 6.31. The van der Waals surface area contributed by atoms with Gasteiger partial charge in [-0.2, -0.15) is 0 Å². The monoisotopic (exact) mass is 353 g/mol. The second-order valence-electron chi connectivity index (χ2n) is 6.04. The molecule has 4 rings (SSSR count). The van der Waals surface area contributed by atoms with Crippen molar-refractivity contribution in [3.63, 3.8) is 0 Å². The number of Topliss-reactive ketones (excluding diaryl/α,β-unsaturated/α-hetero) is 1. The number of furan rings is 1. The number of rotatable bonds is 4. The first-order chi connectivity index (χ1) is 12.2. The highest BCUT2D eigenvalue weighted by Gasteiger charge is 2.29. The minimum atomic E-state index is 0.0431. The van der Waals surface area contributed by atoms with E-state index in [9.17, 15) is 4.79 Å². The van der Waals surface area contributed by atoms with Crippen molar-refractivity contribution in [2.45, 2.75) is 25.3 Å². The molecule has 0 radical (unpaired) electrons. The Morgan fingerprint density at radius 2 is 2.08 bits per heavy atom. The van der Waals surface area contributed by atoms with Gasteiger partial charge in [0.25, 0.3) is 0 Å². The Labute approximate surface area is 150 Å². The maximum absolute atomic E-state index is 12.5. The molecule has 0 amide bonds. The molecule has 1 atom stereocenters. The number of anilines is 1. The quantitative estimate of drug-likeness (QED) is 0.759. The lowest BCUT2D eigenvalue weighted by molar-refractivity contribution is 0.0963. The predicted molar refractivity (Wildman–Crippen MR) is 94.9 cm³/mol. The summed E-state index contributed by atoms with van der Waals surface area (Å²) in [6, 6.07) is 11.4. The van der Waals surface area contributed by atoms with E-state index in [1.165, 1.54) is 0 Å². The van der Waals surface area contributed by atoms with Gasteiger partial charge in [-0.25, -0.2) is 9.97 Å². The minimum Gasteiger partial charge on any atom is -0.467 e. The number of nitrogens with one attached hydrogen (secondary N) is 1. The van der Waals surface area contributed by atoms with Gasteiger partial charge in [-0.15, -0.1) is 0 Å². The lowest BCUT2D eigenvalue weighted by atomic mass is 9.82. The summed E-state index contributed by atoms with van der Waals surface area (Å²) < 4.78 is 5.29. The van der Waals surface area contributed by atoms with E-state index >= 15 is 0 Å². The molecule has 1 aliphatic rings. The van der Waals surface area contributed by atoms with Crippen molar-refractivity contribution in [1.82, 2.24) is 9.97 Å². The van der Waals surface area contributed by atoms with Crippen LogP contribution in [0.1, 0.15) is 39.7 Å². The fraction of sp³-hybridized carbons (Fsp3) is 0.211. The van der Waals surface area contributed by atoms with Crippen molar-refractivity contribution >= 4 is 23.3 Å². The number of carbonyl (C=O) groups is 1. The molecule has 1 aromatic carbocycles. The molecule has 2 heterocycles. The van der Waals surface area contributed by atoms with E-state index in [0.717, 1.165) is 17.0 Å². The van der Waals surface area contributed by atoms with Crippen LogP contribution in [0.5, 0.6) is 0 Å². The number of fused-ring (bicyclic) bond motifs is 1. The molecule has 1 unspecified atom stereocenters. The van der Waals surface area contributed by atoms with E-state index in [1.807, 2.05) is 36.4 Å². The van der Waals surface area contributed by atoms with Crippen LogP contribution in [0, 0.1) is 0 Å². The molecule has 0 aliphatic heterocycles. The summed E-state index contributed by atoms with van der Waals surface area (Å²) >= 11 is 6.30. The van der Waals surface area contributed by atoms with Crippen molar-refractivity contribution in [2.24, 2.45) is 0 Å². The van der Waals surface area contributed by atoms with E-state index in [0.29, 0.717) is 35.9 Å². The van der Waals surface area contributed by atoms with Crippen molar-refractivity contribution in [3.8, 4) is 0 Å². The van der Waals surface area contributed by atoms with Crippen LogP contribution < -0.4 is 5.32 Å². The largest absolute Gasteiger partial charge is 0.467 e. The molecule has 126 valence electrons. The summed E-state index contributed by atoms with van der Waals surface area (Å²) in [6.45, 7) is 0.494. The Morgan fingerprint density at radius 3 is 2.88 bits per heavy atom. The molecule has 1 aliphatic carbocycles. The van der Waals surface area contributed by atoms with Crippen molar-refractivity contribution in [1.29, 1.82) is 0 Å². The van der Waals surface area contributed by atoms with Crippen LogP contribution >= 0.6 is 11.6 Å². The van der Waals surface area contributed by atoms with Gasteiger partial charge in [0.2, 0.25) is 5.95 Å². The average molecular weight is 354 g/mol. The number of hydrogen-bond acceptors (Lipinski definition) is 5. The molecule has 1 N–H and O–H groups in total. The molecule has 2 aromatic heterocycles. The number of halogens is 1. The Morgan fingerprint density at radius 1 is 1.20 bits per heavy atom. The maximum atomic E-state index is 12.5. The summed E-state index contributed by atoms with van der Waals surface area (Å²) in [4.78, 5) is 21.3. The third-order valence-corrected chi connectivity index (χ3v) is 4.73. The summed E-state index contributed by atoms with van der Waals surface area (Å²) in [6.07, 6.45) is 4.33. The van der Waals surface area contributed by atoms with E-state index in [2.05, 4.69) is 15.3 Å². The molecule has 3 aromatic rings. The van der Waals surface area contributed by atoms with Crippen LogP contribution in [0.15, 0.2) is 53.3 Å². The Bertz CT molecular complexity index is 909. The van der Waals surface area contributed by atoms with Gasteiger partial charge in [-0.3, -0.25) is 4.79 Å². The Hall–Kier alpha value is -2.66. The zero-order valence-electron chi connectivity index (χ0n) is 13.4.